The minimum absolute atomic E-state index is 0.159. The fourth-order valence-electron chi connectivity index (χ4n) is 2.60. The number of hydrogen-bond donors (Lipinski definition) is 1. The molecule has 19 heavy (non-hydrogen) atoms. The van der Waals surface area contributed by atoms with Crippen LogP contribution in [-0.4, -0.2) is 41.0 Å². The molecule has 4 heteroatoms. The van der Waals surface area contributed by atoms with Gasteiger partial charge < -0.3 is 10.0 Å². The first-order chi connectivity index (χ1) is 8.98. The molecule has 104 valence electrons. The monoisotopic (exact) mass is 265 g/mol. The zero-order chi connectivity index (χ0) is 13.9. The third-order valence-electron chi connectivity index (χ3n) is 3.58. The summed E-state index contributed by atoms with van der Waals surface area (Å²) in [6, 6.07) is 6.07. The maximum absolute atomic E-state index is 13.5. The van der Waals surface area contributed by atoms with E-state index < -0.39 is 11.4 Å². The molecule has 1 heterocycles. The van der Waals surface area contributed by atoms with Crippen LogP contribution in [0.15, 0.2) is 24.3 Å². The fourth-order valence-corrected chi connectivity index (χ4v) is 2.60. The van der Waals surface area contributed by atoms with Gasteiger partial charge in [0.05, 0.1) is 11.2 Å². The van der Waals surface area contributed by atoms with Crippen molar-refractivity contribution in [2.45, 2.75) is 31.8 Å². The van der Waals surface area contributed by atoms with E-state index in [0.29, 0.717) is 13.1 Å². The Morgan fingerprint density at radius 1 is 1.47 bits per heavy atom. The summed E-state index contributed by atoms with van der Waals surface area (Å²) in [6.45, 7) is 3.86. The lowest BCUT2D eigenvalue weighted by Crippen LogP contribution is -2.46. The molecule has 0 saturated carbocycles. The zero-order valence-corrected chi connectivity index (χ0v) is 11.2. The van der Waals surface area contributed by atoms with Gasteiger partial charge in [-0.15, -0.1) is 0 Å². The molecule has 1 aliphatic rings. The molecule has 1 aromatic carbocycles. The highest BCUT2D eigenvalue weighted by Crippen LogP contribution is 2.20. The van der Waals surface area contributed by atoms with Gasteiger partial charge in [-0.25, -0.2) is 4.39 Å². The predicted octanol–water partition coefficient (Wildman–Crippen LogP) is 2.25. The summed E-state index contributed by atoms with van der Waals surface area (Å²) in [5.74, 6) is -0.638. The van der Waals surface area contributed by atoms with Crippen molar-refractivity contribution in [1.82, 2.24) is 4.90 Å². The van der Waals surface area contributed by atoms with Crippen LogP contribution in [0, 0.1) is 5.82 Å². The Hall–Kier alpha value is -1.26. The number of nitrogens with zero attached hydrogens (tertiary/aromatic N) is 1. The lowest BCUT2D eigenvalue weighted by atomic mass is 9.95. The second-order valence-corrected chi connectivity index (χ2v) is 5.53. The van der Waals surface area contributed by atoms with Gasteiger partial charge in [0.25, 0.3) is 0 Å². The van der Waals surface area contributed by atoms with E-state index in [1.165, 1.54) is 12.1 Å². The van der Waals surface area contributed by atoms with E-state index in [0.717, 1.165) is 19.4 Å². The number of likely N-dealkylation sites (tertiary alicyclic amines) is 1. The number of aliphatic hydroxyl groups is 1. The SMILES string of the molecule is CC1(O)CCCN(CCC(=O)c2ccccc2F)C1. The van der Waals surface area contributed by atoms with Gasteiger partial charge in [-0.3, -0.25) is 4.79 Å². The molecule has 1 unspecified atom stereocenters. The largest absolute Gasteiger partial charge is 0.389 e. The summed E-state index contributed by atoms with van der Waals surface area (Å²) in [5, 5.41) is 9.98. The van der Waals surface area contributed by atoms with Crippen LogP contribution in [0.4, 0.5) is 4.39 Å². The number of carbonyl (C=O) groups excluding carboxylic acids is 1. The third kappa shape index (κ3) is 3.85. The van der Waals surface area contributed by atoms with Crippen LogP contribution in [0.1, 0.15) is 36.5 Å². The van der Waals surface area contributed by atoms with Gasteiger partial charge in [-0.1, -0.05) is 12.1 Å². The number of ketones is 1. The Balaban J connectivity index is 1.89. The van der Waals surface area contributed by atoms with Gasteiger partial charge >= 0.3 is 0 Å². The van der Waals surface area contributed by atoms with E-state index in [2.05, 4.69) is 4.90 Å². The van der Waals surface area contributed by atoms with Crippen LogP contribution in [0.2, 0.25) is 0 Å². The summed E-state index contributed by atoms with van der Waals surface area (Å²) in [7, 11) is 0. The normalized spacial score (nSPS) is 24.4. The van der Waals surface area contributed by atoms with Gasteiger partial charge in [0.2, 0.25) is 0 Å². The average Bonchev–Trinajstić information content (AvgIpc) is 2.35. The lowest BCUT2D eigenvalue weighted by Gasteiger charge is -2.36. The van der Waals surface area contributed by atoms with Crippen molar-refractivity contribution < 1.29 is 14.3 Å². The molecule has 3 nitrogen and oxygen atoms in total. The van der Waals surface area contributed by atoms with E-state index >= 15 is 0 Å². The first-order valence-electron chi connectivity index (χ1n) is 6.70. The Labute approximate surface area is 113 Å². The number of benzene rings is 1. The second kappa shape index (κ2) is 5.80. The summed E-state index contributed by atoms with van der Waals surface area (Å²) in [5.41, 5.74) is -0.509. The van der Waals surface area contributed by atoms with Crippen molar-refractivity contribution in [1.29, 1.82) is 0 Å². The molecule has 0 aliphatic carbocycles. The molecule has 0 bridgehead atoms. The van der Waals surface area contributed by atoms with Gasteiger partial charge in [-0.2, -0.15) is 0 Å². The lowest BCUT2D eigenvalue weighted by molar-refractivity contribution is -0.0153. The summed E-state index contributed by atoms with van der Waals surface area (Å²) in [6.07, 6.45) is 2.02. The van der Waals surface area contributed by atoms with Gasteiger partial charge in [0.1, 0.15) is 5.82 Å². The maximum Gasteiger partial charge on any atom is 0.167 e. The molecule has 0 amide bonds. The van der Waals surface area contributed by atoms with Crippen LogP contribution in [-0.2, 0) is 0 Å². The molecule has 0 spiro atoms. The number of Topliss-reactive ketones (excluding diaryl/α,β-unsaturated/α-hetero) is 1. The molecule has 0 aromatic heterocycles. The zero-order valence-electron chi connectivity index (χ0n) is 11.2. The molecule has 1 aliphatic heterocycles. The average molecular weight is 265 g/mol. The third-order valence-corrected chi connectivity index (χ3v) is 3.58. The first kappa shape index (κ1) is 14.2. The van der Waals surface area contributed by atoms with Gasteiger partial charge in [0, 0.05) is 19.5 Å². The minimum Gasteiger partial charge on any atom is -0.389 e. The fraction of sp³-hybridized carbons (Fsp3) is 0.533. The molecule has 2 rings (SSSR count). The van der Waals surface area contributed by atoms with E-state index in [1.54, 1.807) is 12.1 Å². The van der Waals surface area contributed by atoms with Crippen LogP contribution < -0.4 is 0 Å². The maximum atomic E-state index is 13.5. The topological polar surface area (TPSA) is 40.5 Å². The standard InChI is InChI=1S/C15H20FNO2/c1-15(19)8-4-9-17(11-15)10-7-14(18)12-5-2-3-6-13(12)16/h2-3,5-6,19H,4,7-11H2,1H3. The number of β-amino-alcohol motifs (C(OH)–C–C–N with tert-alkyl or cyclic N) is 1. The van der Waals surface area contributed by atoms with Gasteiger partial charge in [-0.05, 0) is 38.4 Å². The highest BCUT2D eigenvalue weighted by Gasteiger charge is 2.28. The molecule has 1 fully saturated rings. The number of piperidine rings is 1. The van der Waals surface area contributed by atoms with Crippen LogP contribution in [0.3, 0.4) is 0 Å². The Morgan fingerprint density at radius 3 is 2.89 bits per heavy atom. The number of hydrogen-bond acceptors (Lipinski definition) is 3. The number of rotatable bonds is 4. The number of halogens is 1. The van der Waals surface area contributed by atoms with Crippen molar-refractivity contribution in [3.05, 3.63) is 35.6 Å². The predicted molar refractivity (Wildman–Crippen MR) is 71.6 cm³/mol. The molecule has 1 aromatic rings. The Morgan fingerprint density at radius 2 is 2.21 bits per heavy atom. The van der Waals surface area contributed by atoms with Crippen LogP contribution >= 0.6 is 0 Å². The molecule has 1 N–H and O–H groups in total. The van der Waals surface area contributed by atoms with Crippen LogP contribution in [0.5, 0.6) is 0 Å². The van der Waals surface area contributed by atoms with E-state index in [4.69, 9.17) is 0 Å². The molecular formula is C15H20FNO2. The highest BCUT2D eigenvalue weighted by molar-refractivity contribution is 5.96. The Bertz CT molecular complexity index is 459. The number of carbonyl (C=O) groups is 1. The summed E-state index contributed by atoms with van der Waals surface area (Å²) in [4.78, 5) is 14.0. The van der Waals surface area contributed by atoms with Gasteiger partial charge in [0.15, 0.2) is 5.78 Å². The molecular weight excluding hydrogens is 245 g/mol. The van der Waals surface area contributed by atoms with E-state index in [1.807, 2.05) is 6.92 Å². The summed E-state index contributed by atoms with van der Waals surface area (Å²) >= 11 is 0. The second-order valence-electron chi connectivity index (χ2n) is 5.53. The van der Waals surface area contributed by atoms with Crippen molar-refractivity contribution >= 4 is 5.78 Å². The van der Waals surface area contributed by atoms with Crippen molar-refractivity contribution in [3.8, 4) is 0 Å². The summed E-state index contributed by atoms with van der Waals surface area (Å²) < 4.78 is 13.5. The van der Waals surface area contributed by atoms with Crippen molar-refractivity contribution in [2.75, 3.05) is 19.6 Å². The van der Waals surface area contributed by atoms with Crippen molar-refractivity contribution in [2.24, 2.45) is 0 Å². The van der Waals surface area contributed by atoms with Crippen molar-refractivity contribution in [3.63, 3.8) is 0 Å². The van der Waals surface area contributed by atoms with Crippen LogP contribution in [0.25, 0.3) is 0 Å². The minimum atomic E-state index is -0.667. The molecule has 1 atom stereocenters. The first-order valence-corrected chi connectivity index (χ1v) is 6.70. The molecule has 0 radical (unpaired) electrons. The van der Waals surface area contributed by atoms with E-state index in [-0.39, 0.29) is 17.8 Å². The quantitative estimate of drug-likeness (QED) is 0.849. The highest BCUT2D eigenvalue weighted by atomic mass is 19.1. The molecule has 1 saturated heterocycles. The Kier molecular flexibility index (Phi) is 4.32. The smallest absolute Gasteiger partial charge is 0.167 e. The van der Waals surface area contributed by atoms with E-state index in [9.17, 15) is 14.3 Å².